The maximum absolute atomic E-state index is 12.1. The lowest BCUT2D eigenvalue weighted by Gasteiger charge is -2.12. The molecule has 0 N–H and O–H groups in total. The van der Waals surface area contributed by atoms with E-state index < -0.39 is 6.36 Å². The summed E-state index contributed by atoms with van der Waals surface area (Å²) in [6, 6.07) is 8.86. The van der Waals surface area contributed by atoms with Crippen LogP contribution >= 0.6 is 0 Å². The van der Waals surface area contributed by atoms with E-state index in [-0.39, 0.29) is 5.75 Å². The van der Waals surface area contributed by atoms with Gasteiger partial charge in [-0.2, -0.15) is 0 Å². The lowest BCUT2D eigenvalue weighted by molar-refractivity contribution is -0.274. The van der Waals surface area contributed by atoms with Crippen molar-refractivity contribution in [1.29, 1.82) is 0 Å². The van der Waals surface area contributed by atoms with Gasteiger partial charge in [-0.05, 0) is 47.9 Å². The third-order valence-corrected chi connectivity index (χ3v) is 3.06. The van der Waals surface area contributed by atoms with E-state index in [2.05, 4.69) is 4.74 Å². The number of aldehydes is 1. The van der Waals surface area contributed by atoms with E-state index in [0.29, 0.717) is 28.7 Å². The number of alkyl halides is 3. The number of hydrogen-bond acceptors (Lipinski definition) is 3. The molecule has 0 unspecified atom stereocenters. The molecule has 0 atom stereocenters. The van der Waals surface area contributed by atoms with Crippen molar-refractivity contribution < 1.29 is 27.4 Å². The Hall–Kier alpha value is -2.50. The smallest absolute Gasteiger partial charge is 0.496 e. The zero-order chi connectivity index (χ0) is 16.3. The monoisotopic (exact) mass is 310 g/mol. The molecule has 0 radical (unpaired) electrons. The number of methoxy groups -OCH3 is 1. The standard InChI is InChI=1S/C16H13F3O3/c1-10-7-12(8-13(9-20)15(10)21-2)11-3-5-14(6-4-11)22-16(17,18)19/h3-9H,1-2H3. The highest BCUT2D eigenvalue weighted by atomic mass is 19.4. The number of carbonyl (C=O) groups excluding carboxylic acids is 1. The first-order valence-electron chi connectivity index (χ1n) is 6.34. The Morgan fingerprint density at radius 1 is 1.05 bits per heavy atom. The van der Waals surface area contributed by atoms with Gasteiger partial charge in [-0.3, -0.25) is 4.79 Å². The Morgan fingerprint density at radius 3 is 2.18 bits per heavy atom. The Kier molecular flexibility index (Phi) is 4.40. The minimum Gasteiger partial charge on any atom is -0.496 e. The van der Waals surface area contributed by atoms with E-state index in [4.69, 9.17) is 4.74 Å². The molecule has 6 heteroatoms. The highest BCUT2D eigenvalue weighted by Gasteiger charge is 2.30. The highest BCUT2D eigenvalue weighted by Crippen LogP contribution is 2.31. The zero-order valence-corrected chi connectivity index (χ0v) is 11.9. The third kappa shape index (κ3) is 3.58. The summed E-state index contributed by atoms with van der Waals surface area (Å²) >= 11 is 0. The number of rotatable bonds is 4. The van der Waals surface area contributed by atoms with E-state index in [1.165, 1.54) is 31.4 Å². The van der Waals surface area contributed by atoms with Crippen LogP contribution in [0.3, 0.4) is 0 Å². The van der Waals surface area contributed by atoms with Gasteiger partial charge in [0.25, 0.3) is 0 Å². The van der Waals surface area contributed by atoms with Crippen LogP contribution in [0.15, 0.2) is 36.4 Å². The molecular weight excluding hydrogens is 297 g/mol. The van der Waals surface area contributed by atoms with Crippen LogP contribution in [0.25, 0.3) is 11.1 Å². The first-order chi connectivity index (χ1) is 10.3. The Balaban J connectivity index is 2.36. The van der Waals surface area contributed by atoms with Crippen LogP contribution in [-0.4, -0.2) is 19.8 Å². The summed E-state index contributed by atoms with van der Waals surface area (Å²) in [5.41, 5.74) is 2.52. The van der Waals surface area contributed by atoms with Gasteiger partial charge in [0.2, 0.25) is 0 Å². The van der Waals surface area contributed by atoms with E-state index in [0.717, 1.165) is 5.56 Å². The first kappa shape index (κ1) is 15.9. The van der Waals surface area contributed by atoms with Crippen molar-refractivity contribution in [2.24, 2.45) is 0 Å². The fourth-order valence-corrected chi connectivity index (χ4v) is 2.18. The van der Waals surface area contributed by atoms with Gasteiger partial charge in [0, 0.05) is 0 Å². The van der Waals surface area contributed by atoms with Gasteiger partial charge >= 0.3 is 6.36 Å². The highest BCUT2D eigenvalue weighted by molar-refractivity contribution is 5.84. The maximum Gasteiger partial charge on any atom is 0.573 e. The topological polar surface area (TPSA) is 35.5 Å². The van der Waals surface area contributed by atoms with Gasteiger partial charge in [0.1, 0.15) is 11.5 Å². The van der Waals surface area contributed by atoms with E-state index in [9.17, 15) is 18.0 Å². The van der Waals surface area contributed by atoms with Crippen LogP contribution in [0.1, 0.15) is 15.9 Å². The summed E-state index contributed by atoms with van der Waals surface area (Å²) in [5.74, 6) is 0.188. The summed E-state index contributed by atoms with van der Waals surface area (Å²) in [6.07, 6.45) is -4.04. The minimum absolute atomic E-state index is 0.294. The molecule has 0 aliphatic rings. The van der Waals surface area contributed by atoms with Crippen molar-refractivity contribution in [3.05, 3.63) is 47.5 Å². The molecule has 0 saturated heterocycles. The van der Waals surface area contributed by atoms with Crippen LogP contribution in [0.2, 0.25) is 0 Å². The lowest BCUT2D eigenvalue weighted by Crippen LogP contribution is -2.16. The fourth-order valence-electron chi connectivity index (χ4n) is 2.18. The molecule has 0 amide bonds. The van der Waals surface area contributed by atoms with E-state index >= 15 is 0 Å². The second-order valence-electron chi connectivity index (χ2n) is 4.61. The number of ether oxygens (including phenoxy) is 2. The summed E-state index contributed by atoms with van der Waals surface area (Å²) in [4.78, 5) is 11.1. The molecule has 2 rings (SSSR count). The van der Waals surface area contributed by atoms with Crippen LogP contribution in [-0.2, 0) is 0 Å². The first-order valence-corrected chi connectivity index (χ1v) is 6.34. The molecule has 0 spiro atoms. The average molecular weight is 310 g/mol. The number of carbonyl (C=O) groups is 1. The maximum atomic E-state index is 12.1. The number of halogens is 3. The zero-order valence-electron chi connectivity index (χ0n) is 11.9. The Bertz CT molecular complexity index is 676. The molecular formula is C16H13F3O3. The number of benzene rings is 2. The molecule has 0 aliphatic carbocycles. The molecule has 0 bridgehead atoms. The molecule has 0 fully saturated rings. The predicted molar refractivity (Wildman–Crippen MR) is 75.2 cm³/mol. The lowest BCUT2D eigenvalue weighted by atomic mass is 9.99. The van der Waals surface area contributed by atoms with Gasteiger partial charge in [0.05, 0.1) is 12.7 Å². The number of aryl methyl sites for hydroxylation is 1. The molecule has 0 heterocycles. The molecule has 3 nitrogen and oxygen atoms in total. The third-order valence-electron chi connectivity index (χ3n) is 3.06. The molecule has 2 aromatic carbocycles. The molecule has 22 heavy (non-hydrogen) atoms. The van der Waals surface area contributed by atoms with Crippen molar-refractivity contribution in [3.8, 4) is 22.6 Å². The molecule has 0 aliphatic heterocycles. The van der Waals surface area contributed by atoms with Crippen molar-refractivity contribution in [2.45, 2.75) is 13.3 Å². The second-order valence-corrected chi connectivity index (χ2v) is 4.61. The summed E-state index contributed by atoms with van der Waals surface area (Å²) in [5, 5.41) is 0. The summed E-state index contributed by atoms with van der Waals surface area (Å²) in [7, 11) is 1.47. The summed E-state index contributed by atoms with van der Waals surface area (Å²) < 4.78 is 45.4. The van der Waals surface area contributed by atoms with Crippen LogP contribution < -0.4 is 9.47 Å². The quantitative estimate of drug-likeness (QED) is 0.786. The fraction of sp³-hybridized carbons (Fsp3) is 0.188. The van der Waals surface area contributed by atoms with E-state index in [1.54, 1.807) is 19.1 Å². The van der Waals surface area contributed by atoms with Gasteiger partial charge in [0.15, 0.2) is 6.29 Å². The van der Waals surface area contributed by atoms with Crippen molar-refractivity contribution >= 4 is 6.29 Å². The SMILES string of the molecule is COc1c(C)cc(-c2ccc(OC(F)(F)F)cc2)cc1C=O. The summed E-state index contributed by atoms with van der Waals surface area (Å²) in [6.45, 7) is 1.79. The van der Waals surface area contributed by atoms with Crippen molar-refractivity contribution in [3.63, 3.8) is 0 Å². The van der Waals surface area contributed by atoms with Gasteiger partial charge in [-0.25, -0.2) is 0 Å². The normalized spacial score (nSPS) is 11.1. The predicted octanol–water partition coefficient (Wildman–Crippen LogP) is 4.38. The van der Waals surface area contributed by atoms with Crippen molar-refractivity contribution in [1.82, 2.24) is 0 Å². The Morgan fingerprint density at radius 2 is 1.68 bits per heavy atom. The van der Waals surface area contributed by atoms with E-state index in [1.807, 2.05) is 0 Å². The average Bonchev–Trinajstić information content (AvgIpc) is 2.45. The molecule has 116 valence electrons. The Labute approximate surface area is 125 Å². The molecule has 0 aromatic heterocycles. The molecule has 2 aromatic rings. The van der Waals surface area contributed by atoms with Gasteiger partial charge < -0.3 is 9.47 Å². The van der Waals surface area contributed by atoms with Crippen LogP contribution in [0, 0.1) is 6.92 Å². The van der Waals surface area contributed by atoms with Gasteiger partial charge in [-0.15, -0.1) is 13.2 Å². The number of hydrogen-bond donors (Lipinski definition) is 0. The van der Waals surface area contributed by atoms with Crippen LogP contribution in [0.5, 0.6) is 11.5 Å². The van der Waals surface area contributed by atoms with Gasteiger partial charge in [-0.1, -0.05) is 12.1 Å². The second kappa shape index (κ2) is 6.09. The largest absolute Gasteiger partial charge is 0.573 e. The van der Waals surface area contributed by atoms with Crippen molar-refractivity contribution in [2.75, 3.05) is 7.11 Å². The minimum atomic E-state index is -4.72. The van der Waals surface area contributed by atoms with Crippen LogP contribution in [0.4, 0.5) is 13.2 Å². The molecule has 0 saturated carbocycles.